The van der Waals surface area contributed by atoms with Crippen LogP contribution in [0, 0.1) is 11.3 Å². The number of rotatable bonds is 18. The molecule has 60 heavy (non-hydrogen) atoms. The molecule has 0 bridgehead atoms. The first kappa shape index (κ1) is 44.4. The molecular formula is C46H55N5O8P+. The molecule has 316 valence electrons. The standard InChI is InChI=1S/C46H54N5O8P/c1-32(2)51(33(3)4)60(54,29-13-27-47)59-40-30-42(50-28-26-45(48,49-44(50)53)43(52)34-14-9-7-10-15-34)58-41(40)31-57-46(35-16-11-8-12-17-35,36-18-22-38(55-5)23-19-36)37-20-24-39(56-6)25-21-37/h7-12,14-26,28,32-33,40-42,54H,13,29-31,48H2,1-6H3/p+1/t40-,41+,42+,45?,60?/m0/s1. The average Bonchev–Trinajstić information content (AvgIpc) is 3.64. The minimum Gasteiger partial charge on any atom is -0.497 e. The van der Waals surface area contributed by atoms with Crippen molar-refractivity contribution in [2.24, 2.45) is 5.73 Å². The SMILES string of the molecule is COc1ccc(C(OC[C@H]2O[C@@H](N3C=CC(N)(C(=O)c4ccccc4)NC3=O)C[C@@H]2O[P+](O)(CCC#N)N(C(C)C)C(C)C)(c2ccccc2)c2ccc(OC)cc2)cc1. The van der Waals surface area contributed by atoms with Crippen LogP contribution in [-0.4, -0.2) is 89.4 Å². The number of carbonyl (C=O) groups excluding carboxylic acids is 2. The third kappa shape index (κ3) is 9.26. The molecule has 0 saturated carbocycles. The number of hydrogen-bond donors (Lipinski definition) is 3. The normalized spacial score (nSPS) is 21.5. The van der Waals surface area contributed by atoms with Gasteiger partial charge in [-0.3, -0.25) is 15.4 Å². The average molecular weight is 837 g/mol. The number of hydrogen-bond acceptors (Lipinski definition) is 11. The molecule has 4 aromatic carbocycles. The van der Waals surface area contributed by atoms with Crippen LogP contribution in [0.5, 0.6) is 11.5 Å². The van der Waals surface area contributed by atoms with Gasteiger partial charge in [0.05, 0.1) is 33.3 Å². The highest BCUT2D eigenvalue weighted by molar-refractivity contribution is 7.63. The monoisotopic (exact) mass is 836 g/mol. The number of ether oxygens (including phenoxy) is 4. The van der Waals surface area contributed by atoms with E-state index in [9.17, 15) is 19.7 Å². The molecule has 2 heterocycles. The molecule has 2 aliphatic rings. The van der Waals surface area contributed by atoms with E-state index >= 15 is 0 Å². The zero-order chi connectivity index (χ0) is 43.1. The molecule has 0 radical (unpaired) electrons. The number of ketones is 1. The molecule has 14 heteroatoms. The quantitative estimate of drug-likeness (QED) is 0.0520. The molecule has 1 fully saturated rings. The number of urea groups is 1. The maximum Gasteiger partial charge on any atom is 0.347 e. The lowest BCUT2D eigenvalue weighted by molar-refractivity contribution is -0.0964. The van der Waals surface area contributed by atoms with Crippen LogP contribution >= 0.6 is 7.87 Å². The Labute approximate surface area is 353 Å². The molecule has 5 atom stereocenters. The lowest BCUT2D eigenvalue weighted by atomic mass is 9.80. The number of Topliss-reactive ketones (excluding diaryl/α,β-unsaturated/α-hetero) is 1. The molecular weight excluding hydrogens is 782 g/mol. The van der Waals surface area contributed by atoms with Crippen molar-refractivity contribution in [3.63, 3.8) is 0 Å². The largest absolute Gasteiger partial charge is 0.497 e. The lowest BCUT2D eigenvalue weighted by Gasteiger charge is -2.38. The summed E-state index contributed by atoms with van der Waals surface area (Å²) in [4.78, 5) is 41.3. The van der Waals surface area contributed by atoms with Crippen molar-refractivity contribution in [2.75, 3.05) is 27.0 Å². The van der Waals surface area contributed by atoms with Gasteiger partial charge in [-0.2, -0.15) is 9.79 Å². The summed E-state index contributed by atoms with van der Waals surface area (Å²) in [6.45, 7) is 7.84. The van der Waals surface area contributed by atoms with Gasteiger partial charge in [0, 0.05) is 30.3 Å². The van der Waals surface area contributed by atoms with Crippen molar-refractivity contribution in [2.45, 2.75) is 82.3 Å². The van der Waals surface area contributed by atoms with Crippen molar-refractivity contribution in [1.29, 1.82) is 5.26 Å². The third-order valence-electron chi connectivity index (χ3n) is 10.8. The third-order valence-corrected chi connectivity index (χ3v) is 13.9. The Bertz CT molecular complexity index is 2080. The van der Waals surface area contributed by atoms with Crippen LogP contribution in [0.3, 0.4) is 0 Å². The molecule has 0 spiro atoms. The topological polar surface area (TPSA) is 169 Å². The van der Waals surface area contributed by atoms with Gasteiger partial charge in [0.2, 0.25) is 5.78 Å². The molecule has 0 aromatic heterocycles. The number of nitrogens with two attached hydrogens (primary N) is 1. The maximum absolute atomic E-state index is 13.9. The first-order chi connectivity index (χ1) is 28.8. The molecule has 1 saturated heterocycles. The summed E-state index contributed by atoms with van der Waals surface area (Å²) in [7, 11) is -0.233. The van der Waals surface area contributed by atoms with Crippen LogP contribution in [0.15, 0.2) is 121 Å². The summed E-state index contributed by atoms with van der Waals surface area (Å²) in [6, 6.07) is 34.9. The van der Waals surface area contributed by atoms with E-state index in [0.717, 1.165) is 16.7 Å². The van der Waals surface area contributed by atoms with Gasteiger partial charge in [-0.25, -0.2) is 9.69 Å². The number of nitriles is 1. The van der Waals surface area contributed by atoms with Crippen molar-refractivity contribution in [1.82, 2.24) is 14.9 Å². The number of nitrogens with zero attached hydrogens (tertiary/aromatic N) is 3. The summed E-state index contributed by atoms with van der Waals surface area (Å²) < 4.78 is 33.9. The second kappa shape index (κ2) is 19.0. The first-order valence-electron chi connectivity index (χ1n) is 20.1. The minimum atomic E-state index is -3.46. The number of benzene rings is 4. The Morgan fingerprint density at radius 1 is 0.933 bits per heavy atom. The Morgan fingerprint density at radius 3 is 1.97 bits per heavy atom. The zero-order valence-electron chi connectivity index (χ0n) is 34.9. The molecule has 13 nitrogen and oxygen atoms in total. The summed E-state index contributed by atoms with van der Waals surface area (Å²) in [5, 5.41) is 12.4. The summed E-state index contributed by atoms with van der Waals surface area (Å²) in [5.41, 5.74) is 6.28. The highest BCUT2D eigenvalue weighted by atomic mass is 31.2. The van der Waals surface area contributed by atoms with Gasteiger partial charge in [-0.15, -0.1) is 4.67 Å². The maximum atomic E-state index is 13.9. The molecule has 2 unspecified atom stereocenters. The predicted octanol–water partition coefficient (Wildman–Crippen LogP) is 7.38. The van der Waals surface area contributed by atoms with E-state index in [1.54, 1.807) is 44.6 Å². The number of carbonyl (C=O) groups is 2. The molecule has 2 aliphatic heterocycles. The number of methoxy groups -OCH3 is 2. The van der Waals surface area contributed by atoms with E-state index < -0.39 is 49.4 Å². The van der Waals surface area contributed by atoms with Crippen LogP contribution < -0.4 is 20.5 Å². The van der Waals surface area contributed by atoms with Gasteiger partial charge in [-0.05, 0) is 74.7 Å². The van der Waals surface area contributed by atoms with Crippen molar-refractivity contribution < 1.29 is 38.0 Å². The van der Waals surface area contributed by atoms with E-state index in [2.05, 4.69) is 11.4 Å². The smallest absolute Gasteiger partial charge is 0.347 e. The van der Waals surface area contributed by atoms with Crippen molar-refractivity contribution in [3.8, 4) is 17.6 Å². The van der Waals surface area contributed by atoms with Crippen molar-refractivity contribution >= 4 is 19.7 Å². The summed E-state index contributed by atoms with van der Waals surface area (Å²) in [6.07, 6.45) is 0.607. The van der Waals surface area contributed by atoms with Crippen LogP contribution in [0.4, 0.5) is 4.79 Å². The Kier molecular flexibility index (Phi) is 14.1. The van der Waals surface area contributed by atoms with E-state index in [0.29, 0.717) is 17.1 Å². The fourth-order valence-corrected chi connectivity index (χ4v) is 11.0. The van der Waals surface area contributed by atoms with E-state index in [-0.39, 0.29) is 37.7 Å². The Hall–Kier alpha value is -5.16. The number of nitrogens with one attached hydrogen (secondary N) is 1. The van der Waals surface area contributed by atoms with E-state index in [1.165, 1.54) is 17.2 Å². The second-order valence-electron chi connectivity index (χ2n) is 15.4. The highest BCUT2D eigenvalue weighted by Crippen LogP contribution is 2.63. The zero-order valence-corrected chi connectivity index (χ0v) is 35.8. The fraction of sp³-hybridized carbons (Fsp3) is 0.370. The first-order valence-corrected chi connectivity index (χ1v) is 21.9. The predicted molar refractivity (Wildman–Crippen MR) is 230 cm³/mol. The van der Waals surface area contributed by atoms with Gasteiger partial charge in [-0.1, -0.05) is 84.9 Å². The van der Waals surface area contributed by atoms with Crippen LogP contribution in [0.2, 0.25) is 0 Å². The molecule has 2 amide bonds. The van der Waals surface area contributed by atoms with Gasteiger partial charge < -0.3 is 24.3 Å². The van der Waals surface area contributed by atoms with Crippen LogP contribution in [0.25, 0.3) is 0 Å². The molecule has 6 rings (SSSR count). The number of amides is 2. The van der Waals surface area contributed by atoms with Crippen molar-refractivity contribution in [3.05, 3.63) is 144 Å². The fourth-order valence-electron chi connectivity index (χ4n) is 8.10. The van der Waals surface area contributed by atoms with Gasteiger partial charge >= 0.3 is 13.9 Å². The molecule has 4 N–H and O–H groups in total. The second-order valence-corrected chi connectivity index (χ2v) is 17.9. The summed E-state index contributed by atoms with van der Waals surface area (Å²) in [5.74, 6) is 0.869. The van der Waals surface area contributed by atoms with Crippen LogP contribution in [-0.2, 0) is 19.6 Å². The summed E-state index contributed by atoms with van der Waals surface area (Å²) >= 11 is 0. The van der Waals surface area contributed by atoms with Gasteiger partial charge in [0.1, 0.15) is 41.7 Å². The lowest BCUT2D eigenvalue weighted by Crippen LogP contribution is -2.65. The van der Waals surface area contributed by atoms with Crippen LogP contribution in [0.1, 0.15) is 67.6 Å². The van der Waals surface area contributed by atoms with E-state index in [4.69, 9.17) is 29.2 Å². The van der Waals surface area contributed by atoms with E-state index in [1.807, 2.05) is 111 Å². The highest BCUT2D eigenvalue weighted by Gasteiger charge is 2.55. The molecule has 0 aliphatic carbocycles. The molecule has 4 aromatic rings. The minimum absolute atomic E-state index is 0.0652. The van der Waals surface area contributed by atoms with Gasteiger partial charge in [0.25, 0.3) is 0 Å². The van der Waals surface area contributed by atoms with Gasteiger partial charge in [0.15, 0.2) is 5.66 Å². The Morgan fingerprint density at radius 2 is 1.47 bits per heavy atom. The Balaban J connectivity index is 1.41.